The first kappa shape index (κ1) is 16.6. The summed E-state index contributed by atoms with van der Waals surface area (Å²) in [6.45, 7) is 2.93. The van der Waals surface area contributed by atoms with Crippen molar-refractivity contribution in [1.82, 2.24) is 9.97 Å². The minimum atomic E-state index is 0.483. The van der Waals surface area contributed by atoms with E-state index in [9.17, 15) is 0 Å². The highest BCUT2D eigenvalue weighted by Crippen LogP contribution is 2.37. The van der Waals surface area contributed by atoms with Gasteiger partial charge in [0.15, 0.2) is 0 Å². The number of benzene rings is 1. The van der Waals surface area contributed by atoms with Gasteiger partial charge < -0.3 is 24.4 Å². The molecule has 0 bridgehead atoms. The number of anilines is 3. The van der Waals surface area contributed by atoms with E-state index in [2.05, 4.69) is 20.2 Å². The molecule has 24 heavy (non-hydrogen) atoms. The summed E-state index contributed by atoms with van der Waals surface area (Å²) in [5.41, 5.74) is 0.713. The topological polar surface area (TPSA) is 68.7 Å². The first-order valence-corrected chi connectivity index (χ1v) is 7.93. The predicted molar refractivity (Wildman–Crippen MR) is 92.9 cm³/mol. The predicted octanol–water partition coefficient (Wildman–Crippen LogP) is 2.73. The van der Waals surface area contributed by atoms with Gasteiger partial charge in [-0.3, -0.25) is 0 Å². The van der Waals surface area contributed by atoms with E-state index in [0.29, 0.717) is 47.2 Å². The van der Waals surface area contributed by atoms with Crippen LogP contribution in [0.5, 0.6) is 11.5 Å². The van der Waals surface area contributed by atoms with E-state index >= 15 is 0 Å². The summed E-state index contributed by atoms with van der Waals surface area (Å²) >= 11 is 6.13. The Bertz CT molecular complexity index is 708. The molecule has 0 saturated carbocycles. The third-order valence-electron chi connectivity index (χ3n) is 3.67. The number of hydrogen-bond acceptors (Lipinski definition) is 7. The maximum atomic E-state index is 6.13. The van der Waals surface area contributed by atoms with Gasteiger partial charge in [-0.05, 0) is 6.07 Å². The Hall–Kier alpha value is -2.25. The second kappa shape index (κ2) is 7.55. The van der Waals surface area contributed by atoms with Gasteiger partial charge in [0.1, 0.15) is 17.3 Å². The Labute approximate surface area is 145 Å². The number of rotatable bonds is 5. The summed E-state index contributed by atoms with van der Waals surface area (Å²) in [6, 6.07) is 5.27. The zero-order valence-corrected chi connectivity index (χ0v) is 14.3. The van der Waals surface area contributed by atoms with Crippen molar-refractivity contribution in [3.8, 4) is 11.5 Å². The first-order chi connectivity index (χ1) is 11.7. The van der Waals surface area contributed by atoms with Gasteiger partial charge in [0.05, 0.1) is 38.1 Å². The Morgan fingerprint density at radius 3 is 2.62 bits per heavy atom. The smallest absolute Gasteiger partial charge is 0.227 e. The van der Waals surface area contributed by atoms with Crippen molar-refractivity contribution in [2.75, 3.05) is 50.7 Å². The standard InChI is InChI=1S/C16H19ClN4O3/c1-22-13-10-12(14(23-2)9-11(13)17)19-15-3-4-18-16(20-15)21-5-7-24-8-6-21/h3-4,9-10H,5-8H2,1-2H3,(H,18,19,20). The monoisotopic (exact) mass is 350 g/mol. The lowest BCUT2D eigenvalue weighted by Gasteiger charge is -2.26. The van der Waals surface area contributed by atoms with Crippen molar-refractivity contribution in [3.05, 3.63) is 29.4 Å². The molecule has 1 N–H and O–H groups in total. The summed E-state index contributed by atoms with van der Waals surface area (Å²) in [4.78, 5) is 11.0. The van der Waals surface area contributed by atoms with E-state index in [0.717, 1.165) is 13.1 Å². The molecule has 1 aromatic heterocycles. The minimum Gasteiger partial charge on any atom is -0.495 e. The van der Waals surface area contributed by atoms with Crippen LogP contribution in [0.15, 0.2) is 24.4 Å². The van der Waals surface area contributed by atoms with Gasteiger partial charge >= 0.3 is 0 Å². The van der Waals surface area contributed by atoms with Crippen LogP contribution in [0, 0.1) is 0 Å². The normalized spacial score (nSPS) is 14.4. The Morgan fingerprint density at radius 2 is 1.92 bits per heavy atom. The van der Waals surface area contributed by atoms with E-state index in [-0.39, 0.29) is 0 Å². The molecule has 1 aliphatic rings. The average molecular weight is 351 g/mol. The fourth-order valence-electron chi connectivity index (χ4n) is 2.43. The van der Waals surface area contributed by atoms with Gasteiger partial charge in [-0.15, -0.1) is 0 Å². The molecule has 0 atom stereocenters. The summed E-state index contributed by atoms with van der Waals surface area (Å²) in [7, 11) is 3.15. The molecule has 0 amide bonds. The third-order valence-corrected chi connectivity index (χ3v) is 3.97. The number of aromatic nitrogens is 2. The molecule has 2 heterocycles. The van der Waals surface area contributed by atoms with Crippen LogP contribution in [-0.2, 0) is 4.74 Å². The highest BCUT2D eigenvalue weighted by Gasteiger charge is 2.15. The molecule has 1 aromatic carbocycles. The molecule has 0 aliphatic carbocycles. The summed E-state index contributed by atoms with van der Waals surface area (Å²) in [5, 5.41) is 3.72. The van der Waals surface area contributed by atoms with Gasteiger partial charge in [0.25, 0.3) is 0 Å². The number of ether oxygens (including phenoxy) is 3. The number of methoxy groups -OCH3 is 2. The van der Waals surface area contributed by atoms with Crippen molar-refractivity contribution in [2.24, 2.45) is 0 Å². The van der Waals surface area contributed by atoms with Crippen LogP contribution in [0.3, 0.4) is 0 Å². The van der Waals surface area contributed by atoms with Crippen molar-refractivity contribution >= 4 is 29.1 Å². The zero-order chi connectivity index (χ0) is 16.9. The van der Waals surface area contributed by atoms with Crippen molar-refractivity contribution in [1.29, 1.82) is 0 Å². The number of nitrogens with one attached hydrogen (secondary N) is 1. The second-order valence-electron chi connectivity index (χ2n) is 5.15. The minimum absolute atomic E-state index is 0.483. The van der Waals surface area contributed by atoms with Gasteiger partial charge in [-0.25, -0.2) is 4.98 Å². The molecule has 1 aliphatic heterocycles. The number of morpholine rings is 1. The lowest BCUT2D eigenvalue weighted by molar-refractivity contribution is 0.122. The SMILES string of the molecule is COc1cc(Nc2ccnc(N3CCOCC3)n2)c(OC)cc1Cl. The Balaban J connectivity index is 1.85. The molecule has 1 fully saturated rings. The van der Waals surface area contributed by atoms with E-state index in [1.807, 2.05) is 0 Å². The maximum absolute atomic E-state index is 6.13. The highest BCUT2D eigenvalue weighted by atomic mass is 35.5. The van der Waals surface area contributed by atoms with Crippen molar-refractivity contribution in [2.45, 2.75) is 0 Å². The van der Waals surface area contributed by atoms with E-state index < -0.39 is 0 Å². The van der Waals surface area contributed by atoms with E-state index in [1.165, 1.54) is 0 Å². The van der Waals surface area contributed by atoms with E-state index in [1.54, 1.807) is 38.6 Å². The molecule has 2 aromatic rings. The van der Waals surface area contributed by atoms with Crippen LogP contribution in [0.25, 0.3) is 0 Å². The molecule has 8 heteroatoms. The molecule has 7 nitrogen and oxygen atoms in total. The van der Waals surface area contributed by atoms with Crippen LogP contribution in [0.2, 0.25) is 5.02 Å². The molecule has 0 unspecified atom stereocenters. The Kier molecular flexibility index (Phi) is 5.22. The van der Waals surface area contributed by atoms with Crippen LogP contribution in [0.1, 0.15) is 0 Å². The van der Waals surface area contributed by atoms with Crippen LogP contribution >= 0.6 is 11.6 Å². The van der Waals surface area contributed by atoms with Crippen LogP contribution in [-0.4, -0.2) is 50.5 Å². The molecule has 0 radical (unpaired) electrons. The lowest BCUT2D eigenvalue weighted by atomic mass is 10.2. The summed E-state index contributed by atoms with van der Waals surface area (Å²) in [5.74, 6) is 2.49. The zero-order valence-electron chi connectivity index (χ0n) is 13.6. The van der Waals surface area contributed by atoms with Gasteiger partial charge in [0, 0.05) is 31.4 Å². The second-order valence-corrected chi connectivity index (χ2v) is 5.56. The summed E-state index contributed by atoms with van der Waals surface area (Å²) in [6.07, 6.45) is 1.72. The quantitative estimate of drug-likeness (QED) is 0.889. The summed E-state index contributed by atoms with van der Waals surface area (Å²) < 4.78 is 16.0. The first-order valence-electron chi connectivity index (χ1n) is 7.55. The van der Waals surface area contributed by atoms with Gasteiger partial charge in [-0.1, -0.05) is 11.6 Å². The van der Waals surface area contributed by atoms with Crippen molar-refractivity contribution < 1.29 is 14.2 Å². The fourth-order valence-corrected chi connectivity index (χ4v) is 2.66. The Morgan fingerprint density at radius 1 is 1.17 bits per heavy atom. The maximum Gasteiger partial charge on any atom is 0.227 e. The molecule has 3 rings (SSSR count). The van der Waals surface area contributed by atoms with Gasteiger partial charge in [0.2, 0.25) is 5.95 Å². The largest absolute Gasteiger partial charge is 0.495 e. The lowest BCUT2D eigenvalue weighted by Crippen LogP contribution is -2.37. The molecule has 1 saturated heterocycles. The number of halogens is 1. The molecular formula is C16H19ClN4O3. The average Bonchev–Trinajstić information content (AvgIpc) is 2.63. The highest BCUT2D eigenvalue weighted by molar-refractivity contribution is 6.32. The van der Waals surface area contributed by atoms with Gasteiger partial charge in [-0.2, -0.15) is 4.98 Å². The van der Waals surface area contributed by atoms with Crippen LogP contribution in [0.4, 0.5) is 17.5 Å². The molecular weight excluding hydrogens is 332 g/mol. The molecule has 0 spiro atoms. The third kappa shape index (κ3) is 3.63. The van der Waals surface area contributed by atoms with E-state index in [4.69, 9.17) is 25.8 Å². The van der Waals surface area contributed by atoms with Crippen LogP contribution < -0.4 is 19.7 Å². The molecule has 128 valence electrons. The number of hydrogen-bond donors (Lipinski definition) is 1. The van der Waals surface area contributed by atoms with Crippen molar-refractivity contribution in [3.63, 3.8) is 0 Å². The number of nitrogens with zero attached hydrogens (tertiary/aromatic N) is 3. The fraction of sp³-hybridized carbons (Fsp3) is 0.375.